The van der Waals surface area contributed by atoms with Gasteiger partial charge in [-0.25, -0.2) is 5.84 Å². The van der Waals surface area contributed by atoms with Gasteiger partial charge < -0.3 is 0 Å². The number of nitrogens with zero attached hydrogens (tertiary/aromatic N) is 1. The Hall–Kier alpha value is -0.610. The van der Waals surface area contributed by atoms with Crippen LogP contribution in [0, 0.1) is 0 Å². The van der Waals surface area contributed by atoms with E-state index in [1.165, 1.54) is 25.7 Å². The molecule has 1 fully saturated rings. The van der Waals surface area contributed by atoms with Crippen LogP contribution in [0.15, 0.2) is 0 Å². The number of carbonyl (C=O) groups excluding carboxylic acids is 1. The molecule has 88 valence electrons. The Morgan fingerprint density at radius 1 is 1.33 bits per heavy atom. The highest BCUT2D eigenvalue weighted by Gasteiger charge is 2.24. The third-order valence-corrected chi connectivity index (χ3v) is 3.09. The molecule has 0 unspecified atom stereocenters. The highest BCUT2D eigenvalue weighted by Crippen LogP contribution is 2.15. The first kappa shape index (κ1) is 12.5. The Morgan fingerprint density at radius 3 is 2.40 bits per heavy atom. The molecule has 4 heteroatoms. The van der Waals surface area contributed by atoms with Crippen molar-refractivity contribution < 1.29 is 4.79 Å². The highest BCUT2D eigenvalue weighted by molar-refractivity contribution is 5.81. The molecule has 0 aromatic heterocycles. The second kappa shape index (κ2) is 6.80. The van der Waals surface area contributed by atoms with Crippen molar-refractivity contribution in [2.75, 3.05) is 13.1 Å². The molecule has 0 aromatic rings. The van der Waals surface area contributed by atoms with Gasteiger partial charge in [-0.1, -0.05) is 26.2 Å². The summed E-state index contributed by atoms with van der Waals surface area (Å²) in [5.74, 6) is 5.19. The fourth-order valence-electron chi connectivity index (χ4n) is 2.26. The number of rotatable bonds is 4. The molecule has 0 aliphatic carbocycles. The van der Waals surface area contributed by atoms with Gasteiger partial charge in [0.1, 0.15) is 0 Å². The van der Waals surface area contributed by atoms with Gasteiger partial charge in [0.05, 0.1) is 6.04 Å². The molecule has 0 aromatic carbocycles. The Labute approximate surface area is 92.2 Å². The maximum atomic E-state index is 11.6. The minimum Gasteiger partial charge on any atom is -0.293 e. The predicted molar refractivity (Wildman–Crippen MR) is 61.1 cm³/mol. The van der Waals surface area contributed by atoms with Gasteiger partial charge in [-0.15, -0.1) is 0 Å². The molecule has 0 spiro atoms. The number of amides is 1. The lowest BCUT2D eigenvalue weighted by molar-refractivity contribution is -0.126. The SMILES string of the molecule is CCC[C@H](C(=O)NN)N1CCCCCC1. The van der Waals surface area contributed by atoms with E-state index in [0.717, 1.165) is 25.9 Å². The van der Waals surface area contributed by atoms with Gasteiger partial charge in [0, 0.05) is 0 Å². The molecular weight excluding hydrogens is 190 g/mol. The van der Waals surface area contributed by atoms with E-state index in [4.69, 9.17) is 5.84 Å². The van der Waals surface area contributed by atoms with Crippen molar-refractivity contribution in [3.05, 3.63) is 0 Å². The zero-order chi connectivity index (χ0) is 11.1. The summed E-state index contributed by atoms with van der Waals surface area (Å²) in [6, 6.07) is -0.0156. The van der Waals surface area contributed by atoms with Crippen LogP contribution in [0.25, 0.3) is 0 Å². The van der Waals surface area contributed by atoms with Crippen LogP contribution in [-0.2, 0) is 4.79 Å². The van der Waals surface area contributed by atoms with Crippen LogP contribution in [0.3, 0.4) is 0 Å². The average molecular weight is 213 g/mol. The Morgan fingerprint density at radius 2 is 1.93 bits per heavy atom. The van der Waals surface area contributed by atoms with E-state index in [9.17, 15) is 4.79 Å². The number of likely N-dealkylation sites (tertiary alicyclic amines) is 1. The van der Waals surface area contributed by atoms with E-state index >= 15 is 0 Å². The molecule has 0 bridgehead atoms. The summed E-state index contributed by atoms with van der Waals surface area (Å²) in [7, 11) is 0. The fraction of sp³-hybridized carbons (Fsp3) is 0.909. The van der Waals surface area contributed by atoms with Gasteiger partial charge >= 0.3 is 0 Å². The lowest BCUT2D eigenvalue weighted by atomic mass is 10.1. The lowest BCUT2D eigenvalue weighted by Crippen LogP contribution is -2.49. The number of hydrogen-bond acceptors (Lipinski definition) is 3. The van der Waals surface area contributed by atoms with Crippen LogP contribution < -0.4 is 11.3 Å². The van der Waals surface area contributed by atoms with E-state index in [-0.39, 0.29) is 11.9 Å². The van der Waals surface area contributed by atoms with Crippen molar-refractivity contribution >= 4 is 5.91 Å². The molecule has 1 rings (SSSR count). The molecule has 1 aliphatic rings. The van der Waals surface area contributed by atoms with E-state index in [2.05, 4.69) is 17.2 Å². The van der Waals surface area contributed by atoms with Crippen LogP contribution in [0.4, 0.5) is 0 Å². The largest absolute Gasteiger partial charge is 0.293 e. The monoisotopic (exact) mass is 213 g/mol. The van der Waals surface area contributed by atoms with Crippen molar-refractivity contribution in [3.63, 3.8) is 0 Å². The molecular formula is C11H23N3O. The number of carbonyl (C=O) groups is 1. The van der Waals surface area contributed by atoms with Gasteiger partial charge in [0.15, 0.2) is 0 Å². The molecule has 1 atom stereocenters. The van der Waals surface area contributed by atoms with E-state index < -0.39 is 0 Å². The molecule has 0 radical (unpaired) electrons. The topological polar surface area (TPSA) is 58.4 Å². The summed E-state index contributed by atoms with van der Waals surface area (Å²) in [6.45, 7) is 4.19. The lowest BCUT2D eigenvalue weighted by Gasteiger charge is -2.28. The Bertz CT molecular complexity index is 188. The van der Waals surface area contributed by atoms with Crippen molar-refractivity contribution in [1.82, 2.24) is 10.3 Å². The van der Waals surface area contributed by atoms with Crippen molar-refractivity contribution in [1.29, 1.82) is 0 Å². The molecule has 1 saturated heterocycles. The Kier molecular flexibility index (Phi) is 5.65. The second-order valence-electron chi connectivity index (χ2n) is 4.26. The molecule has 1 heterocycles. The molecule has 4 nitrogen and oxygen atoms in total. The van der Waals surface area contributed by atoms with Gasteiger partial charge in [-0.2, -0.15) is 0 Å². The smallest absolute Gasteiger partial charge is 0.251 e. The first-order valence-electron chi connectivity index (χ1n) is 6.04. The second-order valence-corrected chi connectivity index (χ2v) is 4.26. The van der Waals surface area contributed by atoms with Gasteiger partial charge in [0.25, 0.3) is 5.91 Å². The summed E-state index contributed by atoms with van der Waals surface area (Å²) in [5, 5.41) is 0. The average Bonchev–Trinajstić information content (AvgIpc) is 2.53. The highest BCUT2D eigenvalue weighted by atomic mass is 16.2. The zero-order valence-corrected chi connectivity index (χ0v) is 9.67. The molecule has 0 saturated carbocycles. The first-order valence-corrected chi connectivity index (χ1v) is 6.04. The predicted octanol–water partition coefficient (Wildman–Crippen LogP) is 1.02. The van der Waals surface area contributed by atoms with Crippen molar-refractivity contribution in [2.24, 2.45) is 5.84 Å². The summed E-state index contributed by atoms with van der Waals surface area (Å²) in [6.07, 6.45) is 6.92. The molecule has 15 heavy (non-hydrogen) atoms. The van der Waals surface area contributed by atoms with Gasteiger partial charge in [-0.05, 0) is 32.4 Å². The normalized spacial score (nSPS) is 20.7. The van der Waals surface area contributed by atoms with Crippen LogP contribution >= 0.6 is 0 Å². The first-order chi connectivity index (χ1) is 7.29. The minimum atomic E-state index is -0.0289. The van der Waals surface area contributed by atoms with E-state index in [0.29, 0.717) is 0 Å². The number of hydrazine groups is 1. The van der Waals surface area contributed by atoms with Crippen LogP contribution in [0.1, 0.15) is 45.4 Å². The minimum absolute atomic E-state index is 0.0156. The van der Waals surface area contributed by atoms with Crippen LogP contribution in [-0.4, -0.2) is 29.9 Å². The van der Waals surface area contributed by atoms with Gasteiger partial charge in [0.2, 0.25) is 0 Å². The summed E-state index contributed by atoms with van der Waals surface area (Å²) < 4.78 is 0. The number of hydrogen-bond donors (Lipinski definition) is 2. The quantitative estimate of drug-likeness (QED) is 0.416. The van der Waals surface area contributed by atoms with Crippen LogP contribution in [0.5, 0.6) is 0 Å². The third-order valence-electron chi connectivity index (χ3n) is 3.09. The van der Waals surface area contributed by atoms with Crippen LogP contribution in [0.2, 0.25) is 0 Å². The number of nitrogens with two attached hydrogens (primary N) is 1. The fourth-order valence-corrected chi connectivity index (χ4v) is 2.26. The summed E-state index contributed by atoms with van der Waals surface area (Å²) >= 11 is 0. The molecule has 1 amide bonds. The third kappa shape index (κ3) is 3.80. The van der Waals surface area contributed by atoms with E-state index in [1.807, 2.05) is 0 Å². The Balaban J connectivity index is 2.55. The van der Waals surface area contributed by atoms with Crippen molar-refractivity contribution in [3.8, 4) is 0 Å². The zero-order valence-electron chi connectivity index (χ0n) is 9.67. The maximum absolute atomic E-state index is 11.6. The number of nitrogens with one attached hydrogen (secondary N) is 1. The van der Waals surface area contributed by atoms with Gasteiger partial charge in [-0.3, -0.25) is 15.1 Å². The van der Waals surface area contributed by atoms with E-state index in [1.54, 1.807) is 0 Å². The van der Waals surface area contributed by atoms with Crippen molar-refractivity contribution in [2.45, 2.75) is 51.5 Å². The summed E-state index contributed by atoms with van der Waals surface area (Å²) in [4.78, 5) is 13.9. The molecule has 1 aliphatic heterocycles. The molecule has 3 N–H and O–H groups in total. The standard InChI is InChI=1S/C11H23N3O/c1-2-7-10(11(15)13-12)14-8-5-3-4-6-9-14/h10H,2-9,12H2,1H3,(H,13,15)/t10-/m1/s1. The summed E-state index contributed by atoms with van der Waals surface area (Å²) in [5.41, 5.74) is 2.29. The maximum Gasteiger partial charge on any atom is 0.251 e.